The first kappa shape index (κ1) is 28.3. The van der Waals surface area contributed by atoms with Crippen LogP contribution in [0.3, 0.4) is 0 Å². The van der Waals surface area contributed by atoms with Crippen molar-refractivity contribution < 1.29 is 29.1 Å². The quantitative estimate of drug-likeness (QED) is 0.128. The lowest BCUT2D eigenvalue weighted by atomic mass is 10.0. The van der Waals surface area contributed by atoms with Crippen molar-refractivity contribution in [3.63, 3.8) is 0 Å². The molecule has 36 heavy (non-hydrogen) atoms. The van der Waals surface area contributed by atoms with Crippen LogP contribution in [0.2, 0.25) is 0 Å². The van der Waals surface area contributed by atoms with Gasteiger partial charge in [-0.25, -0.2) is 9.78 Å². The highest BCUT2D eigenvalue weighted by Crippen LogP contribution is 2.06. The van der Waals surface area contributed by atoms with Crippen LogP contribution in [0.5, 0.6) is 0 Å². The van der Waals surface area contributed by atoms with E-state index in [-0.39, 0.29) is 18.6 Å². The molecule has 0 aliphatic heterocycles. The van der Waals surface area contributed by atoms with E-state index in [0.29, 0.717) is 11.3 Å². The van der Waals surface area contributed by atoms with E-state index in [1.807, 2.05) is 0 Å². The van der Waals surface area contributed by atoms with Crippen molar-refractivity contribution in [1.82, 2.24) is 25.9 Å². The van der Waals surface area contributed by atoms with E-state index in [2.05, 4.69) is 38.5 Å². The molecule has 0 spiro atoms. The Morgan fingerprint density at radius 1 is 0.944 bits per heavy atom. The number of hydrogen-bond acceptors (Lipinski definition) is 8. The Bertz CT molecular complexity index is 1050. The summed E-state index contributed by atoms with van der Waals surface area (Å²) in [5, 5.41) is 16.9. The number of carboxylic acid groups (broad SMARTS) is 1. The number of nitrogens with two attached hydrogens (primary N) is 2. The van der Waals surface area contributed by atoms with Crippen molar-refractivity contribution in [2.24, 2.45) is 11.5 Å². The maximum Gasteiger partial charge on any atom is 0.326 e. The third kappa shape index (κ3) is 9.03. The SMILES string of the molecule is NC(=O)CC(N)C(=O)NC(CS)C(=O)NC(Cc1ccccc1)C(=O)NC(Cc1cnc[nH]1)C(=O)O. The largest absolute Gasteiger partial charge is 0.480 e. The molecule has 0 saturated heterocycles. The van der Waals surface area contributed by atoms with E-state index >= 15 is 0 Å². The zero-order valence-electron chi connectivity index (χ0n) is 19.2. The van der Waals surface area contributed by atoms with Gasteiger partial charge in [-0.15, -0.1) is 0 Å². The predicted molar refractivity (Wildman–Crippen MR) is 132 cm³/mol. The van der Waals surface area contributed by atoms with Crippen molar-refractivity contribution in [3.8, 4) is 0 Å². The lowest BCUT2D eigenvalue weighted by Gasteiger charge is -2.24. The molecular formula is C22H29N7O6S. The van der Waals surface area contributed by atoms with Crippen LogP contribution in [-0.4, -0.2) is 74.6 Å². The van der Waals surface area contributed by atoms with Gasteiger partial charge in [0.25, 0.3) is 0 Å². The summed E-state index contributed by atoms with van der Waals surface area (Å²) in [6, 6.07) is 3.85. The molecule has 0 aliphatic rings. The molecule has 1 aromatic carbocycles. The number of H-pyrrole nitrogens is 1. The Morgan fingerprint density at radius 3 is 2.11 bits per heavy atom. The van der Waals surface area contributed by atoms with Crippen LogP contribution in [0.1, 0.15) is 17.7 Å². The number of carboxylic acids is 1. The number of carbonyl (C=O) groups is 5. The Labute approximate surface area is 212 Å². The summed E-state index contributed by atoms with van der Waals surface area (Å²) in [5.41, 5.74) is 11.9. The summed E-state index contributed by atoms with van der Waals surface area (Å²) in [7, 11) is 0. The lowest BCUT2D eigenvalue weighted by molar-refractivity contribution is -0.142. The van der Waals surface area contributed by atoms with Crippen molar-refractivity contribution in [2.45, 2.75) is 43.4 Å². The summed E-state index contributed by atoms with van der Waals surface area (Å²) in [6.07, 6.45) is 2.39. The molecule has 0 aliphatic carbocycles. The number of thiol groups is 1. The normalized spacial score (nSPS) is 14.1. The van der Waals surface area contributed by atoms with Gasteiger partial charge in [0.2, 0.25) is 23.6 Å². The number of carbonyl (C=O) groups excluding carboxylic acids is 4. The van der Waals surface area contributed by atoms with Gasteiger partial charge in [-0.3, -0.25) is 19.2 Å². The van der Waals surface area contributed by atoms with Gasteiger partial charge in [0.1, 0.15) is 18.1 Å². The monoisotopic (exact) mass is 519 g/mol. The summed E-state index contributed by atoms with van der Waals surface area (Å²) >= 11 is 4.08. The fraction of sp³-hybridized carbons (Fsp3) is 0.364. The van der Waals surface area contributed by atoms with Crippen LogP contribution >= 0.6 is 12.6 Å². The maximum atomic E-state index is 13.1. The molecule has 1 aromatic heterocycles. The molecule has 0 radical (unpaired) electrons. The molecule has 2 aromatic rings. The van der Waals surface area contributed by atoms with E-state index in [0.717, 1.165) is 0 Å². The average Bonchev–Trinajstić information content (AvgIpc) is 3.34. The Balaban J connectivity index is 2.16. The smallest absolute Gasteiger partial charge is 0.326 e. The summed E-state index contributed by atoms with van der Waals surface area (Å²) < 4.78 is 0. The van der Waals surface area contributed by atoms with Crippen LogP contribution in [0.4, 0.5) is 0 Å². The van der Waals surface area contributed by atoms with Crippen molar-refractivity contribution in [3.05, 3.63) is 54.1 Å². The Morgan fingerprint density at radius 2 is 1.56 bits per heavy atom. The molecule has 1 heterocycles. The molecule has 13 nitrogen and oxygen atoms in total. The molecular weight excluding hydrogens is 490 g/mol. The molecule has 4 unspecified atom stereocenters. The number of nitrogens with one attached hydrogen (secondary N) is 4. The minimum atomic E-state index is -1.29. The number of nitrogens with zero attached hydrogens (tertiary/aromatic N) is 1. The summed E-state index contributed by atoms with van der Waals surface area (Å²) in [6.45, 7) is 0. The second-order valence-corrected chi connectivity index (χ2v) is 8.32. The van der Waals surface area contributed by atoms with Crippen LogP contribution < -0.4 is 27.4 Å². The first-order valence-corrected chi connectivity index (χ1v) is 11.5. The predicted octanol–water partition coefficient (Wildman–Crippen LogP) is -2.13. The van der Waals surface area contributed by atoms with Crippen molar-refractivity contribution in [2.75, 3.05) is 5.75 Å². The van der Waals surface area contributed by atoms with E-state index in [1.54, 1.807) is 30.3 Å². The Hall–Kier alpha value is -3.91. The number of imidazole rings is 1. The molecule has 9 N–H and O–H groups in total. The second kappa shape index (κ2) is 13.8. The van der Waals surface area contributed by atoms with Gasteiger partial charge in [0, 0.05) is 30.5 Å². The first-order chi connectivity index (χ1) is 17.1. The fourth-order valence-corrected chi connectivity index (χ4v) is 3.46. The van der Waals surface area contributed by atoms with Crippen LogP contribution in [-0.2, 0) is 36.8 Å². The minimum Gasteiger partial charge on any atom is -0.480 e. The van der Waals surface area contributed by atoms with Crippen LogP contribution in [0.15, 0.2) is 42.9 Å². The molecule has 0 saturated carbocycles. The molecule has 14 heteroatoms. The van der Waals surface area contributed by atoms with E-state index < -0.39 is 60.2 Å². The van der Waals surface area contributed by atoms with Crippen molar-refractivity contribution >= 4 is 42.2 Å². The molecule has 4 atom stereocenters. The van der Waals surface area contributed by atoms with Gasteiger partial charge in [0.05, 0.1) is 18.8 Å². The van der Waals surface area contributed by atoms with Crippen LogP contribution in [0, 0.1) is 0 Å². The number of aliphatic carboxylic acids is 1. The van der Waals surface area contributed by atoms with Gasteiger partial charge < -0.3 is 37.5 Å². The number of rotatable bonds is 14. The van der Waals surface area contributed by atoms with Gasteiger partial charge >= 0.3 is 5.97 Å². The maximum absolute atomic E-state index is 13.1. The fourth-order valence-electron chi connectivity index (χ4n) is 3.20. The van der Waals surface area contributed by atoms with Crippen molar-refractivity contribution in [1.29, 1.82) is 0 Å². The van der Waals surface area contributed by atoms with E-state index in [1.165, 1.54) is 12.5 Å². The second-order valence-electron chi connectivity index (χ2n) is 7.95. The highest BCUT2D eigenvalue weighted by Gasteiger charge is 2.30. The summed E-state index contributed by atoms with van der Waals surface area (Å²) in [4.78, 5) is 67.6. The zero-order valence-corrected chi connectivity index (χ0v) is 20.1. The number of benzene rings is 1. The van der Waals surface area contributed by atoms with Gasteiger partial charge in [0.15, 0.2) is 0 Å². The standard InChI is InChI=1S/C22H29N7O6S/c23-14(8-18(24)30)19(31)29-17(10-36)21(33)27-15(6-12-4-2-1-3-5-12)20(32)28-16(22(34)35)7-13-9-25-11-26-13/h1-5,9,11,14-17,36H,6-8,10,23H2,(H2,24,30)(H,25,26)(H,27,33)(H,28,32)(H,29,31)(H,34,35). The number of hydrogen-bond donors (Lipinski definition) is 8. The topological polar surface area (TPSA) is 222 Å². The molecule has 2 rings (SSSR count). The Kier molecular flexibility index (Phi) is 10.9. The highest BCUT2D eigenvalue weighted by atomic mass is 32.1. The van der Waals surface area contributed by atoms with E-state index in [9.17, 15) is 29.1 Å². The average molecular weight is 520 g/mol. The van der Waals surface area contributed by atoms with Crippen LogP contribution in [0.25, 0.3) is 0 Å². The number of aromatic amines is 1. The molecule has 0 bridgehead atoms. The number of aromatic nitrogens is 2. The van der Waals surface area contributed by atoms with Gasteiger partial charge in [-0.1, -0.05) is 30.3 Å². The van der Waals surface area contributed by atoms with E-state index in [4.69, 9.17) is 11.5 Å². The molecule has 0 fully saturated rings. The molecule has 4 amide bonds. The zero-order chi connectivity index (χ0) is 26.7. The summed E-state index contributed by atoms with van der Waals surface area (Å²) in [5.74, 6) is -4.48. The lowest BCUT2D eigenvalue weighted by Crippen LogP contribution is -2.58. The first-order valence-electron chi connectivity index (χ1n) is 10.9. The number of primary amides is 1. The highest BCUT2D eigenvalue weighted by molar-refractivity contribution is 7.80. The van der Waals surface area contributed by atoms with Gasteiger partial charge in [-0.05, 0) is 5.56 Å². The third-order valence-electron chi connectivity index (χ3n) is 5.08. The minimum absolute atomic E-state index is 0.0449. The number of amides is 4. The third-order valence-corrected chi connectivity index (χ3v) is 5.45. The molecule has 194 valence electrons. The van der Waals surface area contributed by atoms with Gasteiger partial charge in [-0.2, -0.15) is 12.6 Å².